The van der Waals surface area contributed by atoms with Gasteiger partial charge in [-0.05, 0) is 57.8 Å². The van der Waals surface area contributed by atoms with E-state index in [1.54, 1.807) is 6.08 Å². The Bertz CT molecular complexity index is 1160. The summed E-state index contributed by atoms with van der Waals surface area (Å²) in [4.78, 5) is 12.9. The minimum absolute atomic E-state index is 0.180. The van der Waals surface area contributed by atoms with Crippen molar-refractivity contribution in [1.82, 2.24) is 5.32 Å². The molecule has 1 saturated heterocycles. The lowest BCUT2D eigenvalue weighted by Crippen LogP contribution is -2.60. The average Bonchev–Trinajstić information content (AvgIpc) is 3.31. The van der Waals surface area contributed by atoms with E-state index in [1.165, 1.54) is 173 Å². The lowest BCUT2D eigenvalue weighted by Gasteiger charge is -2.40. The maximum atomic E-state index is 12.9. The Kier molecular flexibility index (Phi) is 43.2. The molecule has 0 saturated carbocycles. The Morgan fingerprint density at radius 2 is 0.908 bits per heavy atom. The molecule has 0 aromatic heterocycles. The quantitative estimate of drug-likeness (QED) is 0.0261. The van der Waals surface area contributed by atoms with Gasteiger partial charge in [0.25, 0.3) is 0 Å². The summed E-state index contributed by atoms with van der Waals surface area (Å²) < 4.78 is 11.2. The maximum absolute atomic E-state index is 12.9. The minimum atomic E-state index is -1.56. The van der Waals surface area contributed by atoms with E-state index in [-0.39, 0.29) is 12.5 Å². The smallest absolute Gasteiger partial charge is 0.220 e. The van der Waals surface area contributed by atoms with Crippen LogP contribution in [-0.4, -0.2) is 87.5 Å². The molecule has 1 aliphatic heterocycles. The number of unbranched alkanes of at least 4 members (excludes halogenated alkanes) is 30. The van der Waals surface area contributed by atoms with Crippen LogP contribution < -0.4 is 5.32 Å². The van der Waals surface area contributed by atoms with E-state index < -0.39 is 49.5 Å². The van der Waals surface area contributed by atoms with Gasteiger partial charge in [-0.3, -0.25) is 4.79 Å². The third kappa shape index (κ3) is 35.9. The zero-order valence-corrected chi connectivity index (χ0v) is 42.0. The summed E-state index contributed by atoms with van der Waals surface area (Å²) in [5.74, 6) is -0.180. The normalized spacial score (nSPS) is 20.3. The van der Waals surface area contributed by atoms with Gasteiger partial charge in [0.05, 0.1) is 25.4 Å². The summed E-state index contributed by atoms with van der Waals surface area (Å²) >= 11 is 0. The van der Waals surface area contributed by atoms with Gasteiger partial charge in [0.1, 0.15) is 24.4 Å². The van der Waals surface area contributed by atoms with Gasteiger partial charge >= 0.3 is 0 Å². The van der Waals surface area contributed by atoms with Crippen molar-refractivity contribution in [2.24, 2.45) is 0 Å². The topological polar surface area (TPSA) is 149 Å². The summed E-state index contributed by atoms with van der Waals surface area (Å²) in [6.45, 7) is 3.70. The highest BCUT2D eigenvalue weighted by atomic mass is 16.7. The van der Waals surface area contributed by atoms with Crippen LogP contribution in [0.5, 0.6) is 0 Å². The first-order valence-electron chi connectivity index (χ1n) is 27.4. The largest absolute Gasteiger partial charge is 0.394 e. The Labute approximate surface area is 399 Å². The van der Waals surface area contributed by atoms with Crippen LogP contribution in [0.25, 0.3) is 0 Å². The molecule has 1 rings (SSSR count). The second-order valence-corrected chi connectivity index (χ2v) is 19.0. The lowest BCUT2D eigenvalue weighted by atomic mass is 9.99. The number of aliphatic hydroxyl groups excluding tert-OH is 5. The second kappa shape index (κ2) is 45.9. The summed E-state index contributed by atoms with van der Waals surface area (Å²) in [6, 6.07) is -0.801. The number of aliphatic hydroxyl groups is 5. The van der Waals surface area contributed by atoms with Crippen LogP contribution >= 0.6 is 0 Å². The predicted octanol–water partition coefficient (Wildman–Crippen LogP) is 13.0. The van der Waals surface area contributed by atoms with Crippen LogP contribution in [0.4, 0.5) is 0 Å². The van der Waals surface area contributed by atoms with E-state index in [4.69, 9.17) is 9.47 Å². The van der Waals surface area contributed by atoms with Gasteiger partial charge in [-0.25, -0.2) is 0 Å². The molecule has 0 aliphatic carbocycles. The number of ether oxygens (including phenoxy) is 2. The summed E-state index contributed by atoms with van der Waals surface area (Å²) in [6.07, 6.45) is 53.7. The van der Waals surface area contributed by atoms with E-state index in [0.29, 0.717) is 6.42 Å². The fourth-order valence-corrected chi connectivity index (χ4v) is 8.52. The van der Waals surface area contributed by atoms with E-state index in [1.807, 2.05) is 6.08 Å². The summed E-state index contributed by atoms with van der Waals surface area (Å²) in [5, 5.41) is 54.0. The summed E-state index contributed by atoms with van der Waals surface area (Å²) in [5.41, 5.74) is 0. The molecule has 1 aliphatic rings. The molecule has 7 atom stereocenters. The van der Waals surface area contributed by atoms with Crippen molar-refractivity contribution in [3.8, 4) is 0 Å². The zero-order valence-electron chi connectivity index (χ0n) is 42.0. The van der Waals surface area contributed by atoms with E-state index in [9.17, 15) is 30.3 Å². The summed E-state index contributed by atoms with van der Waals surface area (Å²) in [7, 11) is 0. The number of carbonyl (C=O) groups excluding carboxylic acids is 1. The molecule has 380 valence electrons. The first-order valence-corrected chi connectivity index (χ1v) is 27.4. The zero-order chi connectivity index (χ0) is 47.3. The Hall–Kier alpha value is -1.85. The van der Waals surface area contributed by atoms with Gasteiger partial charge in [-0.2, -0.15) is 0 Å². The molecule has 6 N–H and O–H groups in total. The Morgan fingerprint density at radius 1 is 0.523 bits per heavy atom. The minimum Gasteiger partial charge on any atom is -0.394 e. The van der Waals surface area contributed by atoms with Crippen LogP contribution in [0.1, 0.15) is 245 Å². The number of hydrogen-bond acceptors (Lipinski definition) is 8. The fourth-order valence-electron chi connectivity index (χ4n) is 8.52. The second-order valence-electron chi connectivity index (χ2n) is 19.0. The van der Waals surface area contributed by atoms with Crippen molar-refractivity contribution < 1.29 is 39.8 Å². The van der Waals surface area contributed by atoms with Crippen molar-refractivity contribution in [2.45, 2.75) is 288 Å². The third-order valence-electron chi connectivity index (χ3n) is 12.9. The first kappa shape index (κ1) is 61.2. The number of carbonyl (C=O) groups is 1. The van der Waals surface area contributed by atoms with Crippen LogP contribution in [0.15, 0.2) is 48.6 Å². The molecule has 65 heavy (non-hydrogen) atoms. The molecule has 0 aromatic rings. The van der Waals surface area contributed by atoms with Gasteiger partial charge < -0.3 is 40.3 Å². The van der Waals surface area contributed by atoms with Crippen molar-refractivity contribution in [3.05, 3.63) is 48.6 Å². The van der Waals surface area contributed by atoms with Crippen LogP contribution in [0.2, 0.25) is 0 Å². The third-order valence-corrected chi connectivity index (χ3v) is 12.9. The van der Waals surface area contributed by atoms with Crippen molar-refractivity contribution in [3.63, 3.8) is 0 Å². The SMILES string of the molecule is CCCCCCC/C=C\C/C=C\C/C=C\CCCCCCCCCCCCCCCCCCCCCCC(=O)NC(COC1OC(CO)C(O)C(O)C1O)C(O)/C=C/CCCCCCC. The van der Waals surface area contributed by atoms with Crippen molar-refractivity contribution in [1.29, 1.82) is 0 Å². The molecule has 0 bridgehead atoms. The average molecular weight is 918 g/mol. The van der Waals surface area contributed by atoms with E-state index in [2.05, 4.69) is 55.6 Å². The number of nitrogens with one attached hydrogen (secondary N) is 1. The standard InChI is InChI=1S/C56H103NO8/c1-3-5-7-9-11-12-13-14-15-16-17-18-19-20-21-22-23-24-25-26-27-28-29-30-31-32-33-34-35-36-37-38-40-42-44-46-52(60)57-49(50(59)45-43-41-39-10-8-6-4-2)48-64-56-55(63)54(62)53(61)51(47-58)65-56/h13-14,16-17,19-20,43,45,49-51,53-56,58-59,61-63H,3-12,15,18,21-42,44,46-48H2,1-2H3,(H,57,60)/b14-13-,17-16-,20-19-,45-43+. The number of hydrogen-bond donors (Lipinski definition) is 6. The number of rotatable bonds is 46. The van der Waals surface area contributed by atoms with Gasteiger partial charge in [-0.15, -0.1) is 0 Å². The van der Waals surface area contributed by atoms with E-state index >= 15 is 0 Å². The van der Waals surface area contributed by atoms with E-state index in [0.717, 1.165) is 51.4 Å². The predicted molar refractivity (Wildman–Crippen MR) is 272 cm³/mol. The van der Waals surface area contributed by atoms with Crippen LogP contribution in [0.3, 0.4) is 0 Å². The Balaban J connectivity index is 2.02. The van der Waals surface area contributed by atoms with Gasteiger partial charge in [0.2, 0.25) is 5.91 Å². The highest BCUT2D eigenvalue weighted by Gasteiger charge is 2.44. The van der Waals surface area contributed by atoms with Gasteiger partial charge in [0.15, 0.2) is 6.29 Å². The fraction of sp³-hybridized carbons (Fsp3) is 0.839. The molecule has 1 fully saturated rings. The lowest BCUT2D eigenvalue weighted by molar-refractivity contribution is -0.302. The molecule has 1 heterocycles. The molecular formula is C56H103NO8. The van der Waals surface area contributed by atoms with Crippen molar-refractivity contribution >= 4 is 5.91 Å². The maximum Gasteiger partial charge on any atom is 0.220 e. The molecule has 9 nitrogen and oxygen atoms in total. The molecule has 0 aromatic carbocycles. The molecule has 0 radical (unpaired) electrons. The van der Waals surface area contributed by atoms with Crippen LogP contribution in [-0.2, 0) is 14.3 Å². The number of allylic oxidation sites excluding steroid dienone is 7. The molecular weight excluding hydrogens is 815 g/mol. The highest BCUT2D eigenvalue weighted by molar-refractivity contribution is 5.76. The molecule has 7 unspecified atom stereocenters. The highest BCUT2D eigenvalue weighted by Crippen LogP contribution is 2.23. The Morgan fingerprint density at radius 3 is 1.34 bits per heavy atom. The number of amides is 1. The molecule has 1 amide bonds. The van der Waals surface area contributed by atoms with Gasteiger partial charge in [-0.1, -0.05) is 229 Å². The van der Waals surface area contributed by atoms with Gasteiger partial charge in [0, 0.05) is 6.42 Å². The van der Waals surface area contributed by atoms with Crippen LogP contribution in [0, 0.1) is 0 Å². The molecule has 0 spiro atoms. The van der Waals surface area contributed by atoms with Crippen molar-refractivity contribution in [2.75, 3.05) is 13.2 Å². The monoisotopic (exact) mass is 918 g/mol. The molecule has 9 heteroatoms. The first-order chi connectivity index (χ1) is 31.8.